The van der Waals surface area contributed by atoms with Crippen molar-refractivity contribution in [1.82, 2.24) is 24.6 Å². The zero-order valence-electron chi connectivity index (χ0n) is 21.4. The van der Waals surface area contributed by atoms with Crippen LogP contribution in [0, 0.1) is 5.82 Å². The van der Waals surface area contributed by atoms with Crippen molar-refractivity contribution in [3.63, 3.8) is 0 Å². The van der Waals surface area contributed by atoms with E-state index in [1.807, 2.05) is 51.3 Å². The normalized spacial score (nSPS) is 12.0. The van der Waals surface area contributed by atoms with Gasteiger partial charge in [0, 0.05) is 53.4 Å². The summed E-state index contributed by atoms with van der Waals surface area (Å²) in [6.07, 6.45) is 7.40. The molecule has 0 aliphatic rings. The van der Waals surface area contributed by atoms with Crippen LogP contribution in [0.25, 0.3) is 16.9 Å². The number of anilines is 1. The van der Waals surface area contributed by atoms with Crippen LogP contribution in [-0.4, -0.2) is 32.3 Å². The maximum atomic E-state index is 13.5. The van der Waals surface area contributed by atoms with Gasteiger partial charge in [0.05, 0.1) is 30.2 Å². The van der Waals surface area contributed by atoms with E-state index >= 15 is 0 Å². The maximum absolute atomic E-state index is 13.5. The quantitative estimate of drug-likeness (QED) is 0.286. The van der Waals surface area contributed by atoms with Crippen molar-refractivity contribution in [3.8, 4) is 16.9 Å². The lowest BCUT2D eigenvalue weighted by molar-refractivity contribution is -0.115. The molecule has 37 heavy (non-hydrogen) atoms. The minimum Gasteiger partial charge on any atom is -0.391 e. The molecule has 0 bridgehead atoms. The molecule has 0 atom stereocenters. The first-order valence-corrected chi connectivity index (χ1v) is 13.0. The number of hydrogen-bond donors (Lipinski definition) is 2. The van der Waals surface area contributed by atoms with Crippen molar-refractivity contribution in [2.24, 2.45) is 0 Å². The van der Waals surface area contributed by atoms with Crippen LogP contribution in [0.1, 0.15) is 32.8 Å². The molecular formula is C28H31FN6OS. The lowest BCUT2D eigenvalue weighted by Gasteiger charge is -2.23. The highest BCUT2D eigenvalue weighted by Gasteiger charge is 2.22. The Balaban J connectivity index is 1.40. The molecule has 4 rings (SSSR count). The minimum atomic E-state index is -0.268. The Labute approximate surface area is 220 Å². The Morgan fingerprint density at radius 2 is 1.84 bits per heavy atom. The number of imidazole rings is 1. The molecule has 0 saturated heterocycles. The lowest BCUT2D eigenvalue weighted by atomic mass is 10.0. The molecule has 192 valence electrons. The van der Waals surface area contributed by atoms with Crippen molar-refractivity contribution < 1.29 is 9.18 Å². The second-order valence-corrected chi connectivity index (χ2v) is 10.4. The number of hydrogen-bond acceptors (Lipinski definition) is 5. The second kappa shape index (κ2) is 11.5. The van der Waals surface area contributed by atoms with Gasteiger partial charge in [-0.1, -0.05) is 0 Å². The van der Waals surface area contributed by atoms with Gasteiger partial charge >= 0.3 is 0 Å². The third kappa shape index (κ3) is 6.68. The van der Waals surface area contributed by atoms with Crippen LogP contribution in [0.2, 0.25) is 0 Å². The molecule has 0 radical (unpaired) electrons. The molecular weight excluding hydrogens is 487 g/mol. The molecule has 0 fully saturated rings. The van der Waals surface area contributed by atoms with Crippen molar-refractivity contribution in [2.45, 2.75) is 38.5 Å². The van der Waals surface area contributed by atoms with Crippen molar-refractivity contribution in [1.29, 1.82) is 0 Å². The molecule has 9 heteroatoms. The third-order valence-electron chi connectivity index (χ3n) is 5.69. The Hall–Kier alpha value is -3.85. The summed E-state index contributed by atoms with van der Waals surface area (Å²) < 4.78 is 17.4. The van der Waals surface area contributed by atoms with Gasteiger partial charge in [0.1, 0.15) is 5.82 Å². The summed E-state index contributed by atoms with van der Waals surface area (Å²) in [6, 6.07) is 14.1. The van der Waals surface area contributed by atoms with Crippen LogP contribution < -0.4 is 10.6 Å². The first-order chi connectivity index (χ1) is 17.7. The SMILES string of the molecule is CN/C(=C\SCc1cnn(C(C)(C)C)c1-c1ccc(F)cc1)CC(=O)Nc1ccc(-n2ccnc2)cc1. The Bertz CT molecular complexity index is 1350. The number of rotatable bonds is 9. The molecule has 2 aromatic heterocycles. The molecule has 2 N–H and O–H groups in total. The molecule has 7 nitrogen and oxygen atoms in total. The smallest absolute Gasteiger partial charge is 0.230 e. The molecule has 0 unspecified atom stereocenters. The van der Waals surface area contributed by atoms with Crippen LogP contribution in [0.5, 0.6) is 0 Å². The monoisotopic (exact) mass is 518 g/mol. The summed E-state index contributed by atoms with van der Waals surface area (Å²) in [5.74, 6) is 0.283. The highest BCUT2D eigenvalue weighted by Crippen LogP contribution is 2.31. The van der Waals surface area contributed by atoms with Crippen molar-refractivity contribution >= 4 is 23.4 Å². The molecule has 1 amide bonds. The van der Waals surface area contributed by atoms with E-state index < -0.39 is 0 Å². The highest BCUT2D eigenvalue weighted by molar-refractivity contribution is 8.01. The average molecular weight is 519 g/mol. The minimum absolute atomic E-state index is 0.107. The number of carbonyl (C=O) groups is 1. The van der Waals surface area contributed by atoms with E-state index in [1.54, 1.807) is 43.5 Å². The Morgan fingerprint density at radius 3 is 2.46 bits per heavy atom. The molecule has 2 heterocycles. The summed E-state index contributed by atoms with van der Waals surface area (Å²) in [4.78, 5) is 16.7. The first-order valence-electron chi connectivity index (χ1n) is 11.9. The molecule has 0 aliphatic heterocycles. The van der Waals surface area contributed by atoms with E-state index in [0.717, 1.165) is 33.9 Å². The fraction of sp³-hybridized carbons (Fsp3) is 0.250. The topological polar surface area (TPSA) is 76.8 Å². The largest absolute Gasteiger partial charge is 0.391 e. The number of thioether (sulfide) groups is 1. The fourth-order valence-electron chi connectivity index (χ4n) is 3.84. The lowest BCUT2D eigenvalue weighted by Crippen LogP contribution is -2.24. The van der Waals surface area contributed by atoms with E-state index in [2.05, 4.69) is 41.5 Å². The van der Waals surface area contributed by atoms with E-state index in [0.29, 0.717) is 5.75 Å². The van der Waals surface area contributed by atoms with Crippen molar-refractivity contribution in [2.75, 3.05) is 12.4 Å². The number of benzene rings is 2. The number of nitrogens with zero attached hydrogens (tertiary/aromatic N) is 4. The van der Waals surface area contributed by atoms with Gasteiger partial charge in [0.15, 0.2) is 0 Å². The Kier molecular flexibility index (Phi) is 8.13. The third-order valence-corrected chi connectivity index (χ3v) is 6.62. The number of nitrogens with one attached hydrogen (secondary N) is 2. The summed E-state index contributed by atoms with van der Waals surface area (Å²) in [6.45, 7) is 6.27. The molecule has 0 aliphatic carbocycles. The van der Waals surface area contributed by atoms with Crippen LogP contribution in [0.3, 0.4) is 0 Å². The van der Waals surface area contributed by atoms with Gasteiger partial charge in [-0.3, -0.25) is 9.48 Å². The number of amides is 1. The summed E-state index contributed by atoms with van der Waals surface area (Å²) in [5, 5.41) is 12.7. The van der Waals surface area contributed by atoms with Gasteiger partial charge in [-0.25, -0.2) is 9.37 Å². The van der Waals surface area contributed by atoms with Gasteiger partial charge in [-0.2, -0.15) is 5.10 Å². The second-order valence-electron chi connectivity index (χ2n) is 9.55. The van der Waals surface area contributed by atoms with E-state index in [4.69, 9.17) is 0 Å². The van der Waals surface area contributed by atoms with Crippen LogP contribution in [0.15, 0.2) is 84.6 Å². The van der Waals surface area contributed by atoms with Gasteiger partial charge in [-0.15, -0.1) is 11.8 Å². The number of aromatic nitrogens is 4. The van der Waals surface area contributed by atoms with E-state index in [9.17, 15) is 9.18 Å². The fourth-order valence-corrected chi connectivity index (χ4v) is 4.72. The van der Waals surface area contributed by atoms with Gasteiger partial charge in [-0.05, 0) is 74.7 Å². The summed E-state index contributed by atoms with van der Waals surface area (Å²) >= 11 is 1.58. The average Bonchev–Trinajstić information content (AvgIpc) is 3.55. The Morgan fingerprint density at radius 1 is 1.11 bits per heavy atom. The van der Waals surface area contributed by atoms with E-state index in [1.165, 1.54) is 12.1 Å². The summed E-state index contributed by atoms with van der Waals surface area (Å²) in [7, 11) is 1.81. The number of carbonyl (C=O) groups excluding carboxylic acids is 1. The highest BCUT2D eigenvalue weighted by atomic mass is 32.2. The number of halogens is 1. The van der Waals surface area contributed by atoms with Crippen LogP contribution >= 0.6 is 11.8 Å². The molecule has 2 aromatic carbocycles. The molecule has 4 aromatic rings. The van der Waals surface area contributed by atoms with Gasteiger partial charge < -0.3 is 15.2 Å². The van der Waals surface area contributed by atoms with Crippen molar-refractivity contribution in [3.05, 3.63) is 95.9 Å². The van der Waals surface area contributed by atoms with Gasteiger partial charge in [0.2, 0.25) is 5.91 Å². The molecule has 0 spiro atoms. The van der Waals surface area contributed by atoms with E-state index in [-0.39, 0.29) is 23.7 Å². The summed E-state index contributed by atoms with van der Waals surface area (Å²) in [5.41, 5.74) is 5.21. The first kappa shape index (κ1) is 26.2. The molecule has 0 saturated carbocycles. The van der Waals surface area contributed by atoms with Gasteiger partial charge in [0.25, 0.3) is 0 Å². The standard InChI is InChI=1S/C28H31FN6OS/c1-28(2,3)35-27(20-5-7-22(29)8-6-20)21(16-32-35)17-37-18-24(30-4)15-26(36)33-23-9-11-25(12-10-23)34-14-13-31-19-34/h5-14,16,18-19,30H,15,17H2,1-4H3,(H,33,36)/b24-18-. The predicted octanol–water partition coefficient (Wildman–Crippen LogP) is 5.95. The zero-order valence-corrected chi connectivity index (χ0v) is 22.2. The zero-order chi connectivity index (χ0) is 26.4. The van der Waals surface area contributed by atoms with Crippen LogP contribution in [-0.2, 0) is 16.1 Å². The van der Waals surface area contributed by atoms with Crippen LogP contribution in [0.4, 0.5) is 10.1 Å². The predicted molar refractivity (Wildman–Crippen MR) is 148 cm³/mol. The maximum Gasteiger partial charge on any atom is 0.230 e.